The standard InChI is InChI=1S/C11H6BrClN2O2/c12-7-4-14-11(15-10(7)13)6-1-2-8-9(3-6)17-5-16-8/h1-4H,5H2. The van der Waals surface area contributed by atoms with Gasteiger partial charge in [0.25, 0.3) is 0 Å². The van der Waals surface area contributed by atoms with Crippen molar-refractivity contribution in [1.29, 1.82) is 0 Å². The van der Waals surface area contributed by atoms with E-state index in [9.17, 15) is 0 Å². The zero-order valence-corrected chi connectivity index (χ0v) is 10.8. The van der Waals surface area contributed by atoms with Crippen molar-refractivity contribution in [1.82, 2.24) is 9.97 Å². The number of aromatic nitrogens is 2. The lowest BCUT2D eigenvalue weighted by atomic mass is 10.2. The summed E-state index contributed by atoms with van der Waals surface area (Å²) < 4.78 is 11.2. The highest BCUT2D eigenvalue weighted by molar-refractivity contribution is 9.10. The molecule has 0 unspecified atom stereocenters. The minimum absolute atomic E-state index is 0.251. The van der Waals surface area contributed by atoms with Gasteiger partial charge in [-0.2, -0.15) is 0 Å². The quantitative estimate of drug-likeness (QED) is 0.758. The van der Waals surface area contributed by atoms with Gasteiger partial charge in [-0.25, -0.2) is 9.97 Å². The Hall–Kier alpha value is -1.33. The number of fused-ring (bicyclic) bond motifs is 1. The molecule has 0 fully saturated rings. The lowest BCUT2D eigenvalue weighted by Crippen LogP contribution is -1.93. The number of ether oxygens (including phenoxy) is 2. The Morgan fingerprint density at radius 2 is 2.06 bits per heavy atom. The molecule has 86 valence electrons. The molecule has 1 aliphatic rings. The van der Waals surface area contributed by atoms with Crippen LogP contribution in [0.2, 0.25) is 5.15 Å². The summed E-state index contributed by atoms with van der Waals surface area (Å²) in [4.78, 5) is 8.38. The Morgan fingerprint density at radius 3 is 2.88 bits per heavy atom. The molecule has 0 aliphatic carbocycles. The van der Waals surface area contributed by atoms with E-state index in [0.717, 1.165) is 11.3 Å². The van der Waals surface area contributed by atoms with Crippen LogP contribution in [0.4, 0.5) is 0 Å². The Balaban J connectivity index is 2.06. The minimum atomic E-state index is 0.251. The third-order valence-electron chi connectivity index (χ3n) is 2.33. The summed E-state index contributed by atoms with van der Waals surface area (Å²) in [7, 11) is 0. The highest BCUT2D eigenvalue weighted by Crippen LogP contribution is 2.35. The topological polar surface area (TPSA) is 44.2 Å². The second-order valence-corrected chi connectivity index (χ2v) is 4.61. The maximum atomic E-state index is 5.93. The van der Waals surface area contributed by atoms with Crippen LogP contribution < -0.4 is 9.47 Å². The molecule has 1 aliphatic heterocycles. The van der Waals surface area contributed by atoms with Gasteiger partial charge < -0.3 is 9.47 Å². The van der Waals surface area contributed by atoms with Gasteiger partial charge in [-0.05, 0) is 34.1 Å². The van der Waals surface area contributed by atoms with E-state index in [-0.39, 0.29) is 6.79 Å². The fraction of sp³-hybridized carbons (Fsp3) is 0.0909. The first-order valence-electron chi connectivity index (χ1n) is 4.82. The first-order chi connectivity index (χ1) is 8.24. The van der Waals surface area contributed by atoms with Crippen molar-refractivity contribution >= 4 is 27.5 Å². The van der Waals surface area contributed by atoms with Crippen LogP contribution in [-0.2, 0) is 0 Å². The van der Waals surface area contributed by atoms with E-state index in [2.05, 4.69) is 25.9 Å². The van der Waals surface area contributed by atoms with E-state index < -0.39 is 0 Å². The third kappa shape index (κ3) is 1.96. The van der Waals surface area contributed by atoms with Crippen molar-refractivity contribution in [3.63, 3.8) is 0 Å². The van der Waals surface area contributed by atoms with Crippen LogP contribution in [0.5, 0.6) is 11.5 Å². The predicted octanol–water partition coefficient (Wildman–Crippen LogP) is 3.29. The van der Waals surface area contributed by atoms with E-state index >= 15 is 0 Å². The highest BCUT2D eigenvalue weighted by atomic mass is 79.9. The van der Waals surface area contributed by atoms with Crippen LogP contribution in [-0.4, -0.2) is 16.8 Å². The lowest BCUT2D eigenvalue weighted by Gasteiger charge is -2.03. The summed E-state index contributed by atoms with van der Waals surface area (Å²) in [6.07, 6.45) is 1.62. The Kier molecular flexibility index (Phi) is 2.64. The van der Waals surface area contributed by atoms with Gasteiger partial charge in [-0.1, -0.05) is 11.6 Å². The van der Waals surface area contributed by atoms with Crippen LogP contribution in [0, 0.1) is 0 Å². The van der Waals surface area contributed by atoms with E-state index in [1.807, 2.05) is 18.2 Å². The van der Waals surface area contributed by atoms with Gasteiger partial charge in [0, 0.05) is 11.8 Å². The molecule has 1 aromatic carbocycles. The molecule has 3 rings (SSSR count). The van der Waals surface area contributed by atoms with Crippen LogP contribution in [0.1, 0.15) is 0 Å². The van der Waals surface area contributed by atoms with Crippen molar-refractivity contribution < 1.29 is 9.47 Å². The summed E-state index contributed by atoms with van der Waals surface area (Å²) >= 11 is 9.18. The van der Waals surface area contributed by atoms with E-state index in [1.165, 1.54) is 0 Å². The second kappa shape index (κ2) is 4.16. The van der Waals surface area contributed by atoms with Crippen molar-refractivity contribution in [2.75, 3.05) is 6.79 Å². The molecule has 2 aromatic rings. The van der Waals surface area contributed by atoms with E-state index in [4.69, 9.17) is 21.1 Å². The van der Waals surface area contributed by atoms with E-state index in [0.29, 0.717) is 21.2 Å². The van der Waals surface area contributed by atoms with Crippen molar-refractivity contribution in [2.24, 2.45) is 0 Å². The normalized spacial score (nSPS) is 12.8. The van der Waals surface area contributed by atoms with Gasteiger partial charge in [-0.15, -0.1) is 0 Å². The molecular weight excluding hydrogens is 307 g/mol. The maximum Gasteiger partial charge on any atom is 0.231 e. The van der Waals surface area contributed by atoms with Gasteiger partial charge in [0.2, 0.25) is 6.79 Å². The largest absolute Gasteiger partial charge is 0.454 e. The number of hydrogen-bond acceptors (Lipinski definition) is 4. The molecule has 2 heterocycles. The summed E-state index contributed by atoms with van der Waals surface area (Å²) in [5.41, 5.74) is 0.837. The minimum Gasteiger partial charge on any atom is -0.454 e. The third-order valence-corrected chi connectivity index (χ3v) is 3.43. The lowest BCUT2D eigenvalue weighted by molar-refractivity contribution is 0.174. The molecule has 1 aromatic heterocycles. The number of nitrogens with zero attached hydrogens (tertiary/aromatic N) is 2. The smallest absolute Gasteiger partial charge is 0.231 e. The fourth-order valence-electron chi connectivity index (χ4n) is 1.52. The van der Waals surface area contributed by atoms with Crippen LogP contribution in [0.15, 0.2) is 28.9 Å². The molecule has 0 radical (unpaired) electrons. The molecule has 0 bridgehead atoms. The van der Waals surface area contributed by atoms with Gasteiger partial charge in [0.1, 0.15) is 5.15 Å². The van der Waals surface area contributed by atoms with Gasteiger partial charge in [-0.3, -0.25) is 0 Å². The summed E-state index contributed by atoms with van der Waals surface area (Å²) in [5, 5.41) is 0.382. The van der Waals surface area contributed by atoms with Gasteiger partial charge in [0.05, 0.1) is 4.47 Å². The highest BCUT2D eigenvalue weighted by Gasteiger charge is 2.15. The number of benzene rings is 1. The zero-order valence-electron chi connectivity index (χ0n) is 8.48. The Bertz CT molecular complexity index is 592. The SMILES string of the molecule is Clc1nc(-c2ccc3c(c2)OCO3)ncc1Br. The van der Waals surface area contributed by atoms with Crippen LogP contribution in [0.3, 0.4) is 0 Å². The first kappa shape index (κ1) is 10.8. The van der Waals surface area contributed by atoms with Crippen molar-refractivity contribution in [3.8, 4) is 22.9 Å². The molecular formula is C11H6BrClN2O2. The molecule has 0 N–H and O–H groups in total. The number of halogens is 2. The molecule has 0 saturated carbocycles. The zero-order chi connectivity index (χ0) is 11.8. The molecule has 17 heavy (non-hydrogen) atoms. The molecule has 4 nitrogen and oxygen atoms in total. The van der Waals surface area contributed by atoms with Gasteiger partial charge >= 0.3 is 0 Å². The number of rotatable bonds is 1. The van der Waals surface area contributed by atoms with Crippen molar-refractivity contribution in [3.05, 3.63) is 34.0 Å². The van der Waals surface area contributed by atoms with E-state index in [1.54, 1.807) is 6.20 Å². The van der Waals surface area contributed by atoms with Crippen molar-refractivity contribution in [2.45, 2.75) is 0 Å². The molecule has 0 saturated heterocycles. The Labute approximate surface area is 111 Å². The molecule has 0 atom stereocenters. The molecule has 0 amide bonds. The Morgan fingerprint density at radius 1 is 1.24 bits per heavy atom. The summed E-state index contributed by atoms with van der Waals surface area (Å²) in [6, 6.07) is 5.53. The second-order valence-electron chi connectivity index (χ2n) is 3.40. The van der Waals surface area contributed by atoms with Crippen LogP contribution in [0.25, 0.3) is 11.4 Å². The summed E-state index contributed by atoms with van der Waals surface area (Å²) in [6.45, 7) is 0.251. The predicted molar refractivity (Wildman–Crippen MR) is 66.3 cm³/mol. The fourth-order valence-corrected chi connectivity index (χ4v) is 1.84. The average Bonchev–Trinajstić information content (AvgIpc) is 2.79. The first-order valence-corrected chi connectivity index (χ1v) is 5.99. The average molecular weight is 314 g/mol. The van der Waals surface area contributed by atoms with Gasteiger partial charge in [0.15, 0.2) is 17.3 Å². The number of hydrogen-bond donors (Lipinski definition) is 0. The summed E-state index contributed by atoms with van der Waals surface area (Å²) in [5.74, 6) is 1.98. The molecule has 6 heteroatoms. The maximum absolute atomic E-state index is 5.93. The molecule has 0 spiro atoms. The monoisotopic (exact) mass is 312 g/mol. The van der Waals surface area contributed by atoms with Crippen LogP contribution >= 0.6 is 27.5 Å².